The van der Waals surface area contributed by atoms with Crippen LogP contribution in [0.25, 0.3) is 0 Å². The van der Waals surface area contributed by atoms with Crippen molar-refractivity contribution in [2.75, 3.05) is 48.4 Å². The van der Waals surface area contributed by atoms with Crippen LogP contribution in [0.1, 0.15) is 0 Å². The Morgan fingerprint density at radius 3 is 2.39 bits per heavy atom. The quantitative estimate of drug-likeness (QED) is 0.698. The third kappa shape index (κ3) is 4.12. The van der Waals surface area contributed by atoms with Crippen LogP contribution < -0.4 is 19.9 Å². The monoisotopic (exact) mass is 395 g/mol. The molecule has 0 amide bonds. The third-order valence-corrected chi connectivity index (χ3v) is 5.05. The molecule has 2 heterocycles. The summed E-state index contributed by atoms with van der Waals surface area (Å²) in [5.41, 5.74) is 2.08. The molecular formula is C21H22ClN5O. The van der Waals surface area contributed by atoms with E-state index in [2.05, 4.69) is 31.2 Å². The highest BCUT2D eigenvalue weighted by Crippen LogP contribution is 2.29. The highest BCUT2D eigenvalue weighted by atomic mass is 35.5. The van der Waals surface area contributed by atoms with Crippen LogP contribution in [0.2, 0.25) is 5.02 Å². The minimum atomic E-state index is 0.710. The number of piperazine rings is 1. The molecule has 1 aliphatic heterocycles. The lowest BCUT2D eigenvalue weighted by molar-refractivity contribution is 0.413. The summed E-state index contributed by atoms with van der Waals surface area (Å²) in [5, 5.41) is 4.01. The second-order valence-electron chi connectivity index (χ2n) is 6.54. The van der Waals surface area contributed by atoms with E-state index in [1.165, 1.54) is 0 Å². The molecule has 0 bridgehead atoms. The van der Waals surface area contributed by atoms with Crippen LogP contribution >= 0.6 is 11.6 Å². The first-order chi connectivity index (χ1) is 13.7. The van der Waals surface area contributed by atoms with E-state index in [9.17, 15) is 0 Å². The van der Waals surface area contributed by atoms with Crippen molar-refractivity contribution in [2.45, 2.75) is 0 Å². The Bertz CT molecular complexity index is 926. The van der Waals surface area contributed by atoms with E-state index < -0.39 is 0 Å². The molecule has 0 spiro atoms. The lowest BCUT2D eigenvalue weighted by atomic mass is 10.2. The van der Waals surface area contributed by atoms with E-state index in [0.717, 1.165) is 54.9 Å². The Kier molecular flexibility index (Phi) is 5.48. The predicted octanol–water partition coefficient (Wildman–Crippen LogP) is 4.21. The average molecular weight is 396 g/mol. The van der Waals surface area contributed by atoms with Gasteiger partial charge in [-0.1, -0.05) is 23.7 Å². The van der Waals surface area contributed by atoms with Gasteiger partial charge in [-0.3, -0.25) is 0 Å². The number of hydrogen-bond acceptors (Lipinski definition) is 6. The van der Waals surface area contributed by atoms with Gasteiger partial charge in [-0.05, 0) is 36.4 Å². The Labute approximate surface area is 169 Å². The maximum absolute atomic E-state index is 5.94. The number of nitrogens with zero attached hydrogens (tertiary/aromatic N) is 4. The molecule has 0 radical (unpaired) electrons. The van der Waals surface area contributed by atoms with Crippen molar-refractivity contribution >= 4 is 34.6 Å². The molecule has 28 heavy (non-hydrogen) atoms. The largest absolute Gasteiger partial charge is 0.495 e. The molecule has 0 saturated carbocycles. The first-order valence-electron chi connectivity index (χ1n) is 9.20. The molecule has 144 valence electrons. The minimum Gasteiger partial charge on any atom is -0.495 e. The van der Waals surface area contributed by atoms with Crippen LogP contribution in [0.3, 0.4) is 0 Å². The molecule has 1 aliphatic rings. The summed E-state index contributed by atoms with van der Waals surface area (Å²) in [6.07, 6.45) is 1.60. The van der Waals surface area contributed by atoms with Crippen molar-refractivity contribution in [3.05, 3.63) is 65.9 Å². The van der Waals surface area contributed by atoms with E-state index in [1.54, 1.807) is 13.4 Å². The summed E-state index contributed by atoms with van der Waals surface area (Å²) in [6, 6.07) is 17.7. The lowest BCUT2D eigenvalue weighted by Gasteiger charge is -2.37. The van der Waals surface area contributed by atoms with Gasteiger partial charge in [0.2, 0.25) is 0 Å². The van der Waals surface area contributed by atoms with Crippen LogP contribution in [-0.2, 0) is 0 Å². The number of para-hydroxylation sites is 2. The number of aromatic nitrogens is 2. The number of anilines is 4. The topological polar surface area (TPSA) is 53.5 Å². The Morgan fingerprint density at radius 2 is 1.64 bits per heavy atom. The molecule has 2 aromatic carbocycles. The van der Waals surface area contributed by atoms with Gasteiger partial charge in [0.15, 0.2) is 0 Å². The molecule has 6 nitrogen and oxygen atoms in total. The van der Waals surface area contributed by atoms with E-state index in [0.29, 0.717) is 5.02 Å². The van der Waals surface area contributed by atoms with Gasteiger partial charge in [0, 0.05) is 43.0 Å². The molecule has 1 fully saturated rings. The van der Waals surface area contributed by atoms with Crippen molar-refractivity contribution in [1.29, 1.82) is 0 Å². The number of nitrogens with one attached hydrogen (secondary N) is 1. The predicted molar refractivity (Wildman–Crippen MR) is 114 cm³/mol. The average Bonchev–Trinajstić information content (AvgIpc) is 2.76. The SMILES string of the molecule is COc1ccccc1N1CCN(c2cc(Nc3ccc(Cl)cc3)ncn2)CC1. The van der Waals surface area contributed by atoms with E-state index >= 15 is 0 Å². The molecule has 3 aromatic rings. The standard InChI is InChI=1S/C21H22ClN5O/c1-28-19-5-3-2-4-18(19)26-10-12-27(13-11-26)21-14-20(23-15-24-21)25-17-8-6-16(22)7-9-17/h2-9,14-15H,10-13H2,1H3,(H,23,24,25). The first kappa shape index (κ1) is 18.4. The lowest BCUT2D eigenvalue weighted by Crippen LogP contribution is -2.47. The van der Waals surface area contributed by atoms with Gasteiger partial charge < -0.3 is 19.9 Å². The first-order valence-corrected chi connectivity index (χ1v) is 9.58. The van der Waals surface area contributed by atoms with Crippen LogP contribution in [-0.4, -0.2) is 43.3 Å². The highest BCUT2D eigenvalue weighted by molar-refractivity contribution is 6.30. The van der Waals surface area contributed by atoms with Crippen LogP contribution in [0.5, 0.6) is 5.75 Å². The zero-order chi connectivity index (χ0) is 19.3. The summed E-state index contributed by atoms with van der Waals surface area (Å²) < 4.78 is 5.50. The Hall–Kier alpha value is -2.99. The molecule has 7 heteroatoms. The molecule has 0 aliphatic carbocycles. The zero-order valence-electron chi connectivity index (χ0n) is 15.7. The smallest absolute Gasteiger partial charge is 0.142 e. The molecule has 0 unspecified atom stereocenters. The van der Waals surface area contributed by atoms with Gasteiger partial charge in [-0.2, -0.15) is 0 Å². The molecule has 1 aromatic heterocycles. The second kappa shape index (κ2) is 8.35. The van der Waals surface area contributed by atoms with E-state index in [1.807, 2.05) is 48.5 Å². The fraction of sp³-hybridized carbons (Fsp3) is 0.238. The normalized spacial score (nSPS) is 14.1. The number of rotatable bonds is 5. The molecule has 1 N–H and O–H groups in total. The number of ether oxygens (including phenoxy) is 1. The summed E-state index contributed by atoms with van der Waals surface area (Å²) in [7, 11) is 1.71. The Morgan fingerprint density at radius 1 is 0.929 bits per heavy atom. The van der Waals surface area contributed by atoms with E-state index in [4.69, 9.17) is 16.3 Å². The fourth-order valence-corrected chi connectivity index (χ4v) is 3.46. The number of hydrogen-bond donors (Lipinski definition) is 1. The van der Waals surface area contributed by atoms with Crippen molar-refractivity contribution in [2.24, 2.45) is 0 Å². The highest BCUT2D eigenvalue weighted by Gasteiger charge is 2.20. The number of benzene rings is 2. The van der Waals surface area contributed by atoms with Crippen LogP contribution in [0.15, 0.2) is 60.9 Å². The second-order valence-corrected chi connectivity index (χ2v) is 6.98. The van der Waals surface area contributed by atoms with Crippen molar-refractivity contribution in [3.63, 3.8) is 0 Å². The maximum Gasteiger partial charge on any atom is 0.142 e. The zero-order valence-corrected chi connectivity index (χ0v) is 16.4. The summed E-state index contributed by atoms with van der Waals surface area (Å²) in [4.78, 5) is 13.4. The Balaban J connectivity index is 1.42. The van der Waals surface area contributed by atoms with Gasteiger partial charge in [0.25, 0.3) is 0 Å². The van der Waals surface area contributed by atoms with Crippen LogP contribution in [0, 0.1) is 0 Å². The van der Waals surface area contributed by atoms with Crippen molar-refractivity contribution in [1.82, 2.24) is 9.97 Å². The maximum atomic E-state index is 5.94. The summed E-state index contributed by atoms with van der Waals surface area (Å²) >= 11 is 5.94. The van der Waals surface area contributed by atoms with E-state index in [-0.39, 0.29) is 0 Å². The van der Waals surface area contributed by atoms with Crippen molar-refractivity contribution in [3.8, 4) is 5.75 Å². The number of methoxy groups -OCH3 is 1. The third-order valence-electron chi connectivity index (χ3n) is 4.80. The fourth-order valence-electron chi connectivity index (χ4n) is 3.34. The number of halogens is 1. The molecule has 4 rings (SSSR count). The summed E-state index contributed by atoms with van der Waals surface area (Å²) in [5.74, 6) is 2.60. The van der Waals surface area contributed by atoms with Gasteiger partial charge in [-0.15, -0.1) is 0 Å². The molecule has 0 atom stereocenters. The van der Waals surface area contributed by atoms with Gasteiger partial charge in [0.1, 0.15) is 23.7 Å². The van der Waals surface area contributed by atoms with Gasteiger partial charge in [0.05, 0.1) is 12.8 Å². The van der Waals surface area contributed by atoms with Gasteiger partial charge in [-0.25, -0.2) is 9.97 Å². The summed E-state index contributed by atoms with van der Waals surface area (Å²) in [6.45, 7) is 3.58. The van der Waals surface area contributed by atoms with Crippen molar-refractivity contribution < 1.29 is 4.74 Å². The van der Waals surface area contributed by atoms with Gasteiger partial charge >= 0.3 is 0 Å². The van der Waals surface area contributed by atoms with Crippen LogP contribution in [0.4, 0.5) is 23.0 Å². The minimum absolute atomic E-state index is 0.710. The molecule has 1 saturated heterocycles. The molecular weight excluding hydrogens is 374 g/mol.